The van der Waals surface area contributed by atoms with Gasteiger partial charge >= 0.3 is 12.2 Å². The molecule has 1 aliphatic rings. The number of carbonyl (C=O) groups excluding carboxylic acids is 2. The molecule has 0 unspecified atom stereocenters. The van der Waals surface area contributed by atoms with Crippen molar-refractivity contribution in [3.8, 4) is 11.3 Å². The highest BCUT2D eigenvalue weighted by molar-refractivity contribution is 5.88. The number of rotatable bonds is 3. The summed E-state index contributed by atoms with van der Waals surface area (Å²) < 4.78 is 55.5. The Morgan fingerprint density at radius 2 is 1.85 bits per heavy atom. The summed E-state index contributed by atoms with van der Waals surface area (Å²) in [6.07, 6.45) is -4.28. The van der Waals surface area contributed by atoms with Crippen molar-refractivity contribution in [2.75, 3.05) is 20.6 Å². The minimum Gasteiger partial charge on any atom is -0.357 e. The average Bonchev–Trinajstić information content (AvgIpc) is 3.08. The third-order valence-electron chi connectivity index (χ3n) is 5.63. The zero-order valence-electron chi connectivity index (χ0n) is 19.1. The van der Waals surface area contributed by atoms with E-state index in [0.29, 0.717) is 36.4 Å². The Hall–Kier alpha value is -2.95. The van der Waals surface area contributed by atoms with Gasteiger partial charge in [0, 0.05) is 37.7 Å². The predicted octanol–water partition coefficient (Wildman–Crippen LogP) is 3.41. The van der Waals surface area contributed by atoms with Crippen LogP contribution in [-0.2, 0) is 23.9 Å². The van der Waals surface area contributed by atoms with Gasteiger partial charge < -0.3 is 15.5 Å². The highest BCUT2D eigenvalue weighted by Crippen LogP contribution is 2.36. The first-order valence-corrected chi connectivity index (χ1v) is 10.4. The third-order valence-corrected chi connectivity index (χ3v) is 5.63. The Morgan fingerprint density at radius 1 is 1.18 bits per heavy atom. The van der Waals surface area contributed by atoms with Crippen LogP contribution in [0.15, 0.2) is 18.2 Å². The smallest absolute Gasteiger partial charge is 0.357 e. The fourth-order valence-corrected chi connectivity index (χ4v) is 3.83. The number of amides is 2. The van der Waals surface area contributed by atoms with Crippen molar-refractivity contribution in [1.82, 2.24) is 25.3 Å². The number of likely N-dealkylation sites (N-methyl/N-ethyl adjacent to an activating group) is 2. The normalized spacial score (nSPS) is 15.7. The van der Waals surface area contributed by atoms with E-state index in [4.69, 9.17) is 0 Å². The molecule has 180 valence electrons. The van der Waals surface area contributed by atoms with Crippen molar-refractivity contribution in [1.29, 1.82) is 0 Å². The van der Waals surface area contributed by atoms with Crippen molar-refractivity contribution in [3.05, 3.63) is 40.8 Å². The molecule has 33 heavy (non-hydrogen) atoms. The monoisotopic (exact) mass is 469 g/mol. The molecule has 0 aliphatic carbocycles. The van der Waals surface area contributed by atoms with Crippen LogP contribution in [0.3, 0.4) is 0 Å². The van der Waals surface area contributed by atoms with Gasteiger partial charge in [-0.05, 0) is 30.7 Å². The molecule has 0 radical (unpaired) electrons. The van der Waals surface area contributed by atoms with Crippen molar-refractivity contribution in [3.63, 3.8) is 0 Å². The van der Waals surface area contributed by atoms with E-state index >= 15 is 0 Å². The van der Waals surface area contributed by atoms with Crippen LogP contribution in [0, 0.1) is 11.2 Å². The Kier molecular flexibility index (Phi) is 6.56. The summed E-state index contributed by atoms with van der Waals surface area (Å²) in [7, 11) is 3.27. The molecule has 3 rings (SSSR count). The summed E-state index contributed by atoms with van der Waals surface area (Å²) in [6.45, 7) is 6.21. The van der Waals surface area contributed by atoms with Gasteiger partial charge in [-0.15, -0.1) is 0 Å². The van der Waals surface area contributed by atoms with E-state index < -0.39 is 41.0 Å². The summed E-state index contributed by atoms with van der Waals surface area (Å²) >= 11 is 0. The fourth-order valence-electron chi connectivity index (χ4n) is 3.83. The molecule has 1 aromatic carbocycles. The van der Waals surface area contributed by atoms with Gasteiger partial charge in [0.1, 0.15) is 17.6 Å². The molecular weight excluding hydrogens is 442 g/mol. The van der Waals surface area contributed by atoms with E-state index in [1.165, 1.54) is 7.05 Å². The number of alkyl halides is 3. The lowest BCUT2D eigenvalue weighted by Crippen LogP contribution is -2.54. The lowest BCUT2D eigenvalue weighted by molar-refractivity contribution is -0.137. The maximum atomic E-state index is 14.7. The first kappa shape index (κ1) is 24.7. The Labute approximate surface area is 189 Å². The molecule has 0 spiro atoms. The Morgan fingerprint density at radius 3 is 2.42 bits per heavy atom. The summed E-state index contributed by atoms with van der Waals surface area (Å²) in [5.74, 6) is -1.28. The summed E-state index contributed by atoms with van der Waals surface area (Å²) in [5, 5.41) is 9.41. The molecular formula is C22H27F4N5O2. The number of hydrogen-bond acceptors (Lipinski definition) is 4. The van der Waals surface area contributed by atoms with Gasteiger partial charge in [-0.25, -0.2) is 9.18 Å². The highest BCUT2D eigenvalue weighted by atomic mass is 19.4. The maximum Gasteiger partial charge on any atom is 0.416 e. The minimum absolute atomic E-state index is 0.0254. The summed E-state index contributed by atoms with van der Waals surface area (Å²) in [4.78, 5) is 27.4. The number of halogens is 4. The molecule has 2 aromatic rings. The molecule has 2 amide bonds. The second-order valence-corrected chi connectivity index (χ2v) is 9.23. The first-order chi connectivity index (χ1) is 15.2. The van der Waals surface area contributed by atoms with Crippen molar-refractivity contribution < 1.29 is 27.2 Å². The van der Waals surface area contributed by atoms with Gasteiger partial charge in [-0.3, -0.25) is 4.79 Å². The van der Waals surface area contributed by atoms with Crippen LogP contribution >= 0.6 is 0 Å². The van der Waals surface area contributed by atoms with Crippen LogP contribution < -0.4 is 10.6 Å². The number of benzene rings is 1. The number of aromatic nitrogens is 2. The third kappa shape index (κ3) is 5.02. The minimum atomic E-state index is -4.66. The largest absolute Gasteiger partial charge is 0.416 e. The van der Waals surface area contributed by atoms with E-state index in [2.05, 4.69) is 15.7 Å². The lowest BCUT2D eigenvalue weighted by atomic mass is 9.86. The molecule has 1 aliphatic heterocycles. The van der Waals surface area contributed by atoms with E-state index in [-0.39, 0.29) is 17.8 Å². The topological polar surface area (TPSA) is 79.3 Å². The van der Waals surface area contributed by atoms with Crippen molar-refractivity contribution >= 4 is 11.9 Å². The molecule has 7 nitrogen and oxygen atoms in total. The lowest BCUT2D eigenvalue weighted by Gasteiger charge is -2.30. The second-order valence-electron chi connectivity index (χ2n) is 9.23. The van der Waals surface area contributed by atoms with Gasteiger partial charge in [-0.2, -0.15) is 23.0 Å². The standard InChI is InChI=1S/C22H27F4N5O2/c1-21(2,3)18(19(32)27-4)28-20(33)31-16-8-9-30(5)11-14(16)17(29-31)13-10-12(22(24,25)26)6-7-15(13)23/h6-7,10,18H,8-9,11H2,1-5H3,(H,27,32)(H,28,33)/t18-/m1/s1. The van der Waals surface area contributed by atoms with Crippen LogP contribution in [-0.4, -0.2) is 53.3 Å². The van der Waals surface area contributed by atoms with Crippen LogP contribution in [0.4, 0.5) is 22.4 Å². The van der Waals surface area contributed by atoms with E-state index in [1.54, 1.807) is 20.8 Å². The van der Waals surface area contributed by atoms with E-state index in [1.807, 2.05) is 11.9 Å². The predicted molar refractivity (Wildman–Crippen MR) is 114 cm³/mol. The molecule has 0 saturated heterocycles. The fraction of sp³-hybridized carbons (Fsp3) is 0.500. The average molecular weight is 469 g/mol. The number of nitrogens with one attached hydrogen (secondary N) is 2. The number of nitrogens with zero attached hydrogens (tertiary/aromatic N) is 3. The van der Waals surface area contributed by atoms with Crippen LogP contribution in [0.2, 0.25) is 0 Å². The summed E-state index contributed by atoms with van der Waals surface area (Å²) in [6, 6.07) is 0.514. The van der Waals surface area contributed by atoms with Gasteiger partial charge in [-0.1, -0.05) is 20.8 Å². The second kappa shape index (κ2) is 8.77. The quantitative estimate of drug-likeness (QED) is 0.676. The van der Waals surface area contributed by atoms with Gasteiger partial charge in [0.2, 0.25) is 5.91 Å². The number of fused-ring (bicyclic) bond motifs is 1. The van der Waals surface area contributed by atoms with Crippen molar-refractivity contribution in [2.24, 2.45) is 5.41 Å². The van der Waals surface area contributed by atoms with E-state index in [9.17, 15) is 27.2 Å². The zero-order valence-corrected chi connectivity index (χ0v) is 19.1. The van der Waals surface area contributed by atoms with Crippen LogP contribution in [0.5, 0.6) is 0 Å². The van der Waals surface area contributed by atoms with Gasteiger partial charge in [0.15, 0.2) is 0 Å². The molecule has 0 fully saturated rings. The molecule has 11 heteroatoms. The Balaban J connectivity index is 2.11. The number of carbonyl (C=O) groups is 2. The SMILES string of the molecule is CNC(=O)[C@@H](NC(=O)n1nc(-c2cc(C(F)(F)F)ccc2F)c2c1CCN(C)C2)C(C)(C)C. The Bertz CT molecular complexity index is 1070. The maximum absolute atomic E-state index is 14.7. The van der Waals surface area contributed by atoms with Crippen LogP contribution in [0.25, 0.3) is 11.3 Å². The molecule has 0 saturated carbocycles. The molecule has 0 bridgehead atoms. The van der Waals surface area contributed by atoms with Gasteiger partial charge in [0.05, 0.1) is 11.3 Å². The van der Waals surface area contributed by atoms with Crippen molar-refractivity contribution in [2.45, 2.75) is 46.0 Å². The van der Waals surface area contributed by atoms with E-state index in [0.717, 1.165) is 10.7 Å². The van der Waals surface area contributed by atoms with Crippen LogP contribution in [0.1, 0.15) is 37.6 Å². The molecule has 2 N–H and O–H groups in total. The van der Waals surface area contributed by atoms with Gasteiger partial charge in [0.25, 0.3) is 0 Å². The molecule has 1 atom stereocenters. The number of hydrogen-bond donors (Lipinski definition) is 2. The summed E-state index contributed by atoms with van der Waals surface area (Å²) in [5.41, 5.74) is -1.04. The molecule has 2 heterocycles. The molecule has 1 aromatic heterocycles. The zero-order chi connectivity index (χ0) is 24.7. The highest BCUT2D eigenvalue weighted by Gasteiger charge is 2.36. The first-order valence-electron chi connectivity index (χ1n) is 10.4.